The van der Waals surface area contributed by atoms with Crippen molar-refractivity contribution in [2.75, 3.05) is 0 Å². The standard InChI is InChI=1S/C19H24O2S/c1-12-6-7-14(10-15(12)11-20)18(19(3,4)5)17-9-8-16(22-17)13(2)21/h6-10,18,20H,11H2,1-5H3. The first-order valence-electron chi connectivity index (χ1n) is 7.55. The van der Waals surface area contributed by atoms with Crippen LogP contribution in [0.25, 0.3) is 0 Å². The number of rotatable bonds is 4. The maximum atomic E-state index is 11.6. The van der Waals surface area contributed by atoms with Gasteiger partial charge in [-0.05, 0) is 48.1 Å². The molecule has 2 aromatic rings. The van der Waals surface area contributed by atoms with E-state index in [0.717, 1.165) is 16.0 Å². The SMILES string of the molecule is CC(=O)c1ccc(C(c2ccc(C)c(CO)c2)C(C)(C)C)s1. The number of Topliss-reactive ketones (excluding diaryl/α,β-unsaturated/α-hetero) is 1. The van der Waals surface area contributed by atoms with Crippen molar-refractivity contribution >= 4 is 17.1 Å². The topological polar surface area (TPSA) is 37.3 Å². The Morgan fingerprint density at radius 1 is 1.23 bits per heavy atom. The average molecular weight is 316 g/mol. The van der Waals surface area contributed by atoms with E-state index in [1.807, 2.05) is 13.0 Å². The second kappa shape index (κ2) is 6.35. The Hall–Kier alpha value is -1.45. The van der Waals surface area contributed by atoms with Crippen LogP contribution in [0.5, 0.6) is 0 Å². The van der Waals surface area contributed by atoms with Gasteiger partial charge in [0, 0.05) is 10.8 Å². The van der Waals surface area contributed by atoms with Gasteiger partial charge in [0.05, 0.1) is 11.5 Å². The molecule has 1 heterocycles. The lowest BCUT2D eigenvalue weighted by atomic mass is 9.75. The molecule has 1 N–H and O–H groups in total. The summed E-state index contributed by atoms with van der Waals surface area (Å²) in [5.74, 6) is 0.320. The largest absolute Gasteiger partial charge is 0.392 e. The second-order valence-corrected chi connectivity index (χ2v) is 8.02. The van der Waals surface area contributed by atoms with Gasteiger partial charge < -0.3 is 5.11 Å². The zero-order valence-corrected chi connectivity index (χ0v) is 14.8. The van der Waals surface area contributed by atoms with E-state index in [1.54, 1.807) is 18.3 Å². The first kappa shape index (κ1) is 16.9. The number of aryl methyl sites for hydroxylation is 1. The highest BCUT2D eigenvalue weighted by Crippen LogP contribution is 2.43. The van der Waals surface area contributed by atoms with Crippen molar-refractivity contribution in [1.82, 2.24) is 0 Å². The van der Waals surface area contributed by atoms with Crippen molar-refractivity contribution in [3.05, 3.63) is 56.8 Å². The molecule has 1 atom stereocenters. The molecule has 1 aromatic heterocycles. The van der Waals surface area contributed by atoms with Crippen LogP contribution < -0.4 is 0 Å². The van der Waals surface area contributed by atoms with Gasteiger partial charge in [-0.15, -0.1) is 11.3 Å². The van der Waals surface area contributed by atoms with E-state index in [1.165, 1.54) is 10.4 Å². The molecule has 0 saturated carbocycles. The van der Waals surface area contributed by atoms with Gasteiger partial charge in [-0.2, -0.15) is 0 Å². The van der Waals surface area contributed by atoms with Crippen LogP contribution in [0.1, 0.15) is 64.9 Å². The Morgan fingerprint density at radius 3 is 2.41 bits per heavy atom. The number of hydrogen-bond donors (Lipinski definition) is 1. The summed E-state index contributed by atoms with van der Waals surface area (Å²) in [7, 11) is 0. The number of hydrogen-bond acceptors (Lipinski definition) is 3. The van der Waals surface area contributed by atoms with Gasteiger partial charge in [-0.25, -0.2) is 0 Å². The predicted molar refractivity (Wildman–Crippen MR) is 92.7 cm³/mol. The average Bonchev–Trinajstić information content (AvgIpc) is 2.88. The number of benzene rings is 1. The van der Waals surface area contributed by atoms with E-state index < -0.39 is 0 Å². The molecule has 0 saturated heterocycles. The van der Waals surface area contributed by atoms with Crippen LogP contribution in [0.3, 0.4) is 0 Å². The van der Waals surface area contributed by atoms with Gasteiger partial charge >= 0.3 is 0 Å². The summed E-state index contributed by atoms with van der Waals surface area (Å²) in [6.45, 7) is 10.3. The fourth-order valence-corrected chi connectivity index (χ4v) is 4.11. The third kappa shape index (κ3) is 3.47. The summed E-state index contributed by atoms with van der Waals surface area (Å²) < 4.78 is 0. The fourth-order valence-electron chi connectivity index (χ4n) is 2.83. The summed E-state index contributed by atoms with van der Waals surface area (Å²) in [6.07, 6.45) is 0. The minimum atomic E-state index is 0.0287. The molecule has 2 rings (SSSR count). The predicted octanol–water partition coefficient (Wildman–Crippen LogP) is 4.93. The highest BCUT2D eigenvalue weighted by molar-refractivity contribution is 7.14. The summed E-state index contributed by atoms with van der Waals surface area (Å²) in [5.41, 5.74) is 3.30. The molecule has 118 valence electrons. The maximum Gasteiger partial charge on any atom is 0.169 e. The molecule has 0 spiro atoms. The van der Waals surface area contributed by atoms with Crippen LogP contribution in [0.15, 0.2) is 30.3 Å². The fraction of sp³-hybridized carbons (Fsp3) is 0.421. The molecule has 22 heavy (non-hydrogen) atoms. The molecule has 0 aliphatic carbocycles. The molecule has 1 aromatic carbocycles. The molecular formula is C19H24O2S. The smallest absolute Gasteiger partial charge is 0.169 e. The monoisotopic (exact) mass is 316 g/mol. The third-order valence-electron chi connectivity index (χ3n) is 4.00. The quantitative estimate of drug-likeness (QED) is 0.812. The highest BCUT2D eigenvalue weighted by atomic mass is 32.1. The van der Waals surface area contributed by atoms with Gasteiger partial charge in [0.2, 0.25) is 0 Å². The molecule has 0 amide bonds. The summed E-state index contributed by atoms with van der Waals surface area (Å²) in [6, 6.07) is 10.3. The zero-order chi connectivity index (χ0) is 16.5. The minimum absolute atomic E-state index is 0.0287. The van der Waals surface area contributed by atoms with Crippen LogP contribution >= 0.6 is 11.3 Å². The van der Waals surface area contributed by atoms with Gasteiger partial charge in [0.25, 0.3) is 0 Å². The van der Waals surface area contributed by atoms with E-state index in [4.69, 9.17) is 0 Å². The number of carbonyl (C=O) groups excluding carboxylic acids is 1. The van der Waals surface area contributed by atoms with Crippen LogP contribution in [-0.2, 0) is 6.61 Å². The highest BCUT2D eigenvalue weighted by Gasteiger charge is 2.29. The Bertz CT molecular complexity index is 677. The van der Waals surface area contributed by atoms with Gasteiger partial charge in [-0.3, -0.25) is 4.79 Å². The number of ketones is 1. The van der Waals surface area contributed by atoms with Crippen LogP contribution in [0.4, 0.5) is 0 Å². The van der Waals surface area contributed by atoms with Crippen molar-refractivity contribution in [3.63, 3.8) is 0 Å². The van der Waals surface area contributed by atoms with Gasteiger partial charge in [0.1, 0.15) is 0 Å². The molecule has 0 bridgehead atoms. The van der Waals surface area contributed by atoms with E-state index in [0.29, 0.717) is 0 Å². The van der Waals surface area contributed by atoms with E-state index in [9.17, 15) is 9.90 Å². The number of aliphatic hydroxyl groups excluding tert-OH is 1. The summed E-state index contributed by atoms with van der Waals surface area (Å²) in [4.78, 5) is 13.6. The lowest BCUT2D eigenvalue weighted by molar-refractivity contribution is 0.102. The van der Waals surface area contributed by atoms with Crippen LogP contribution in [-0.4, -0.2) is 10.9 Å². The zero-order valence-electron chi connectivity index (χ0n) is 13.9. The van der Waals surface area contributed by atoms with Crippen LogP contribution in [0.2, 0.25) is 0 Å². The lowest BCUT2D eigenvalue weighted by Gasteiger charge is -2.31. The van der Waals surface area contributed by atoms with Gasteiger partial charge in [-0.1, -0.05) is 39.0 Å². The Labute approximate surface area is 136 Å². The maximum absolute atomic E-state index is 11.6. The molecule has 2 nitrogen and oxygen atoms in total. The number of carbonyl (C=O) groups is 1. The third-order valence-corrected chi connectivity index (χ3v) is 5.25. The van der Waals surface area contributed by atoms with Crippen molar-refractivity contribution in [3.8, 4) is 0 Å². The molecule has 0 radical (unpaired) electrons. The first-order valence-corrected chi connectivity index (χ1v) is 8.36. The van der Waals surface area contributed by atoms with E-state index in [2.05, 4.69) is 45.0 Å². The molecule has 0 fully saturated rings. The second-order valence-electron chi connectivity index (χ2n) is 6.90. The van der Waals surface area contributed by atoms with Crippen molar-refractivity contribution in [2.24, 2.45) is 5.41 Å². The minimum Gasteiger partial charge on any atom is -0.392 e. The first-order chi connectivity index (χ1) is 10.2. The van der Waals surface area contributed by atoms with Crippen molar-refractivity contribution in [1.29, 1.82) is 0 Å². The summed E-state index contributed by atoms with van der Waals surface area (Å²) >= 11 is 1.58. The molecule has 0 aliphatic rings. The molecular weight excluding hydrogens is 292 g/mol. The van der Waals surface area contributed by atoms with Crippen LogP contribution in [0, 0.1) is 12.3 Å². The number of aliphatic hydroxyl groups is 1. The lowest BCUT2D eigenvalue weighted by Crippen LogP contribution is -2.19. The van der Waals surface area contributed by atoms with Gasteiger partial charge in [0.15, 0.2) is 5.78 Å². The van der Waals surface area contributed by atoms with E-state index >= 15 is 0 Å². The molecule has 0 aliphatic heterocycles. The Morgan fingerprint density at radius 2 is 1.91 bits per heavy atom. The molecule has 3 heteroatoms. The Kier molecular flexibility index (Phi) is 4.88. The Balaban J connectivity index is 2.53. The molecule has 1 unspecified atom stereocenters. The summed E-state index contributed by atoms with van der Waals surface area (Å²) in [5, 5.41) is 9.53. The normalized spacial score (nSPS) is 13.2. The van der Waals surface area contributed by atoms with Crippen molar-refractivity contribution in [2.45, 2.75) is 47.1 Å². The number of thiophene rings is 1. The van der Waals surface area contributed by atoms with E-state index in [-0.39, 0.29) is 23.7 Å². The van der Waals surface area contributed by atoms with Crippen molar-refractivity contribution < 1.29 is 9.90 Å².